The monoisotopic (exact) mass is 334 g/mol. The number of amides is 1. The minimum Gasteiger partial charge on any atom is -0.383 e. The lowest BCUT2D eigenvalue weighted by Crippen LogP contribution is -2.45. The van der Waals surface area contributed by atoms with E-state index in [4.69, 9.17) is 10.5 Å². The molecule has 0 aliphatic heterocycles. The van der Waals surface area contributed by atoms with Gasteiger partial charge in [0.2, 0.25) is 5.91 Å². The van der Waals surface area contributed by atoms with Crippen LogP contribution in [0.15, 0.2) is 60.7 Å². The van der Waals surface area contributed by atoms with Gasteiger partial charge in [0.25, 0.3) is 0 Å². The highest BCUT2D eigenvalue weighted by molar-refractivity contribution is 5.85. The molecule has 0 aliphatic rings. The number of nitrogens with zero attached hydrogens (tertiary/aromatic N) is 1. The summed E-state index contributed by atoms with van der Waals surface area (Å²) in [5.41, 5.74) is 8.08. The molecule has 4 nitrogen and oxygen atoms in total. The molecule has 1 amide bonds. The molecule has 0 saturated carbocycles. The van der Waals surface area contributed by atoms with Gasteiger partial charge in [-0.3, -0.25) is 4.79 Å². The molecule has 2 aromatic rings. The van der Waals surface area contributed by atoms with Gasteiger partial charge in [0.05, 0.1) is 6.61 Å². The maximum atomic E-state index is 12.6. The number of carbonyl (C=O) groups is 1. The van der Waals surface area contributed by atoms with Gasteiger partial charge in [-0.25, -0.2) is 0 Å². The third kappa shape index (κ3) is 6.02. The van der Waals surface area contributed by atoms with Crippen LogP contribution in [0.4, 0.5) is 0 Å². The summed E-state index contributed by atoms with van der Waals surface area (Å²) in [4.78, 5) is 14.3. The molecule has 0 heterocycles. The molecule has 0 spiro atoms. The molecule has 0 bridgehead atoms. The van der Waals surface area contributed by atoms with Crippen molar-refractivity contribution in [1.29, 1.82) is 0 Å². The summed E-state index contributed by atoms with van der Waals surface area (Å²) < 4.78 is 5.00. The van der Waals surface area contributed by atoms with Crippen LogP contribution in [0.5, 0.6) is 0 Å². The first-order chi connectivity index (χ1) is 10.7. The highest BCUT2D eigenvalue weighted by atomic mass is 35.5. The molecule has 2 rings (SSSR count). The summed E-state index contributed by atoms with van der Waals surface area (Å²) >= 11 is 0. The standard InChI is InChI=1S/C18H22N2O2.ClH/c1-22-14-17(19)18(21)20(12-15-8-4-2-5-9-15)13-16-10-6-3-7-11-16;/h2-11,17H,12-14,19H2,1H3;1H. The average Bonchev–Trinajstić information content (AvgIpc) is 2.56. The second-order valence-corrected chi connectivity index (χ2v) is 5.23. The lowest BCUT2D eigenvalue weighted by atomic mass is 10.1. The zero-order valence-corrected chi connectivity index (χ0v) is 14.0. The Morgan fingerprint density at radius 1 is 1.00 bits per heavy atom. The van der Waals surface area contributed by atoms with E-state index in [0.717, 1.165) is 11.1 Å². The highest BCUT2D eigenvalue weighted by Gasteiger charge is 2.21. The van der Waals surface area contributed by atoms with Gasteiger partial charge < -0.3 is 15.4 Å². The van der Waals surface area contributed by atoms with Gasteiger partial charge in [-0.1, -0.05) is 60.7 Å². The molecule has 5 heteroatoms. The Balaban J connectivity index is 0.00000264. The minimum atomic E-state index is -0.641. The number of hydrogen-bond acceptors (Lipinski definition) is 3. The predicted octanol–water partition coefficient (Wildman–Crippen LogP) is 2.61. The molecule has 0 fully saturated rings. The van der Waals surface area contributed by atoms with Crippen LogP contribution in [0.1, 0.15) is 11.1 Å². The van der Waals surface area contributed by atoms with Crippen molar-refractivity contribution in [3.63, 3.8) is 0 Å². The van der Waals surface area contributed by atoms with Crippen LogP contribution in [0.2, 0.25) is 0 Å². The topological polar surface area (TPSA) is 55.6 Å². The van der Waals surface area contributed by atoms with Crippen LogP contribution in [0.3, 0.4) is 0 Å². The van der Waals surface area contributed by atoms with Crippen LogP contribution in [0.25, 0.3) is 0 Å². The third-order valence-electron chi connectivity index (χ3n) is 3.41. The second kappa shape index (κ2) is 10.0. The first-order valence-electron chi connectivity index (χ1n) is 7.32. The summed E-state index contributed by atoms with van der Waals surface area (Å²) in [5.74, 6) is -0.102. The van der Waals surface area contributed by atoms with Crippen molar-refractivity contribution in [2.75, 3.05) is 13.7 Å². The van der Waals surface area contributed by atoms with Gasteiger partial charge >= 0.3 is 0 Å². The SMILES string of the molecule is COCC(N)C(=O)N(Cc1ccccc1)Cc1ccccc1.Cl. The number of rotatable bonds is 7. The van der Waals surface area contributed by atoms with Gasteiger partial charge in [0, 0.05) is 20.2 Å². The number of hydrogen-bond donors (Lipinski definition) is 1. The number of halogens is 1. The van der Waals surface area contributed by atoms with E-state index >= 15 is 0 Å². The molecule has 1 atom stereocenters. The van der Waals surface area contributed by atoms with Crippen molar-refractivity contribution >= 4 is 18.3 Å². The Morgan fingerprint density at radius 3 is 1.83 bits per heavy atom. The molecular formula is C18H23ClN2O2. The van der Waals surface area contributed by atoms with E-state index in [1.54, 1.807) is 12.0 Å². The zero-order chi connectivity index (χ0) is 15.8. The lowest BCUT2D eigenvalue weighted by molar-refractivity contribution is -0.135. The van der Waals surface area contributed by atoms with E-state index in [1.807, 2.05) is 60.7 Å². The molecule has 23 heavy (non-hydrogen) atoms. The molecule has 0 saturated heterocycles. The van der Waals surface area contributed by atoms with Gasteiger partial charge in [-0.05, 0) is 11.1 Å². The highest BCUT2D eigenvalue weighted by Crippen LogP contribution is 2.11. The van der Waals surface area contributed by atoms with E-state index < -0.39 is 6.04 Å². The second-order valence-electron chi connectivity index (χ2n) is 5.23. The van der Waals surface area contributed by atoms with E-state index in [2.05, 4.69) is 0 Å². The maximum absolute atomic E-state index is 12.6. The van der Waals surface area contributed by atoms with Crippen molar-refractivity contribution < 1.29 is 9.53 Å². The fraction of sp³-hybridized carbons (Fsp3) is 0.278. The largest absolute Gasteiger partial charge is 0.383 e. The molecule has 124 valence electrons. The number of ether oxygens (including phenoxy) is 1. The van der Waals surface area contributed by atoms with Gasteiger partial charge in [-0.2, -0.15) is 0 Å². The van der Waals surface area contributed by atoms with Crippen molar-refractivity contribution in [3.05, 3.63) is 71.8 Å². The van der Waals surface area contributed by atoms with Crippen molar-refractivity contribution in [1.82, 2.24) is 4.90 Å². The molecule has 0 aromatic heterocycles. The molecule has 0 radical (unpaired) electrons. The first kappa shape index (κ1) is 19.2. The van der Waals surface area contributed by atoms with E-state index in [-0.39, 0.29) is 24.9 Å². The first-order valence-corrected chi connectivity index (χ1v) is 7.32. The molecular weight excluding hydrogens is 312 g/mol. The third-order valence-corrected chi connectivity index (χ3v) is 3.41. The van der Waals surface area contributed by atoms with E-state index in [1.165, 1.54) is 0 Å². The van der Waals surface area contributed by atoms with E-state index in [9.17, 15) is 4.79 Å². The van der Waals surface area contributed by atoms with Crippen molar-refractivity contribution in [2.24, 2.45) is 5.73 Å². The van der Waals surface area contributed by atoms with Gasteiger partial charge in [0.15, 0.2) is 0 Å². The minimum absolute atomic E-state index is 0. The quantitative estimate of drug-likeness (QED) is 0.846. The summed E-state index contributed by atoms with van der Waals surface area (Å²) in [6, 6.07) is 19.2. The Morgan fingerprint density at radius 2 is 1.43 bits per heavy atom. The van der Waals surface area contributed by atoms with Crippen LogP contribution >= 0.6 is 12.4 Å². The zero-order valence-electron chi connectivity index (χ0n) is 13.2. The fourth-order valence-electron chi connectivity index (χ4n) is 2.30. The average molecular weight is 335 g/mol. The Labute approximate surface area is 143 Å². The number of carbonyl (C=O) groups excluding carboxylic acids is 1. The van der Waals surface area contributed by atoms with Gasteiger partial charge in [-0.15, -0.1) is 12.4 Å². The molecule has 1 unspecified atom stereocenters. The Bertz CT molecular complexity index is 537. The van der Waals surface area contributed by atoms with E-state index in [0.29, 0.717) is 13.1 Å². The van der Waals surface area contributed by atoms with Crippen molar-refractivity contribution in [2.45, 2.75) is 19.1 Å². The number of benzene rings is 2. The lowest BCUT2D eigenvalue weighted by Gasteiger charge is -2.26. The number of methoxy groups -OCH3 is 1. The fourth-order valence-corrected chi connectivity index (χ4v) is 2.30. The van der Waals surface area contributed by atoms with Crippen LogP contribution in [-0.2, 0) is 22.6 Å². The smallest absolute Gasteiger partial charge is 0.242 e. The normalized spacial score (nSPS) is 11.4. The van der Waals surface area contributed by atoms with Crippen LogP contribution < -0.4 is 5.73 Å². The summed E-state index contributed by atoms with van der Waals surface area (Å²) in [6.07, 6.45) is 0. The Kier molecular flexibility index (Phi) is 8.33. The van der Waals surface area contributed by atoms with Gasteiger partial charge in [0.1, 0.15) is 6.04 Å². The molecule has 2 aromatic carbocycles. The predicted molar refractivity (Wildman–Crippen MR) is 94.2 cm³/mol. The molecule has 0 aliphatic carbocycles. The van der Waals surface area contributed by atoms with Crippen molar-refractivity contribution in [3.8, 4) is 0 Å². The summed E-state index contributed by atoms with van der Waals surface area (Å²) in [7, 11) is 1.55. The van der Waals surface area contributed by atoms with Crippen LogP contribution in [0, 0.1) is 0 Å². The molecule has 2 N–H and O–H groups in total. The van der Waals surface area contributed by atoms with Crippen LogP contribution in [-0.4, -0.2) is 30.6 Å². The Hall–Kier alpha value is -1.88. The summed E-state index contributed by atoms with van der Waals surface area (Å²) in [5, 5.41) is 0. The maximum Gasteiger partial charge on any atom is 0.242 e. The summed E-state index contributed by atoms with van der Waals surface area (Å²) in [6.45, 7) is 1.29. The number of nitrogens with two attached hydrogens (primary N) is 1.